The monoisotopic (exact) mass is 462 g/mol. The van der Waals surface area contributed by atoms with Crippen LogP contribution in [0.2, 0.25) is 0 Å². The lowest BCUT2D eigenvalue weighted by atomic mass is 9.98. The number of hydrogen-bond donors (Lipinski definition) is 2. The minimum Gasteiger partial charge on any atom is -0.360 e. The maximum Gasteiger partial charge on any atom is 0.176 e. The number of hydrogen-bond acceptors (Lipinski definition) is 7. The van der Waals surface area contributed by atoms with Crippen molar-refractivity contribution in [2.45, 2.75) is 17.9 Å². The van der Waals surface area contributed by atoms with Crippen molar-refractivity contribution in [3.05, 3.63) is 72.7 Å². The molecular weight excluding hydrogens is 443 g/mol. The van der Waals surface area contributed by atoms with Gasteiger partial charge >= 0.3 is 0 Å². The summed E-state index contributed by atoms with van der Waals surface area (Å²) in [5, 5.41) is 3.53. The number of benzene rings is 2. The summed E-state index contributed by atoms with van der Waals surface area (Å²) in [6.45, 7) is 1.86. The number of aromatic amines is 1. The Hall–Kier alpha value is -3.92. The van der Waals surface area contributed by atoms with Crippen molar-refractivity contribution in [2.75, 3.05) is 11.6 Å². The van der Waals surface area contributed by atoms with Gasteiger partial charge in [0.25, 0.3) is 0 Å². The highest BCUT2D eigenvalue weighted by molar-refractivity contribution is 7.91. The predicted octanol–water partition coefficient (Wildman–Crippen LogP) is 4.28. The van der Waals surface area contributed by atoms with Gasteiger partial charge in [-0.1, -0.05) is 30.3 Å². The van der Waals surface area contributed by atoms with Crippen molar-refractivity contribution in [3.63, 3.8) is 0 Å². The van der Waals surface area contributed by atoms with Crippen molar-refractivity contribution in [1.29, 1.82) is 0 Å². The van der Waals surface area contributed by atoms with Crippen LogP contribution < -0.4 is 5.32 Å². The summed E-state index contributed by atoms with van der Waals surface area (Å²) in [5.41, 5.74) is 3.07. The molecule has 0 radical (unpaired) electrons. The molecule has 0 saturated heterocycles. The van der Waals surface area contributed by atoms with Crippen LogP contribution in [-0.2, 0) is 9.84 Å². The van der Waals surface area contributed by atoms with Crippen LogP contribution in [0.15, 0.2) is 66.1 Å². The van der Waals surface area contributed by atoms with E-state index >= 15 is 0 Å². The van der Waals surface area contributed by atoms with Crippen molar-refractivity contribution in [1.82, 2.24) is 24.9 Å². The normalized spacial score (nSPS) is 12.8. The second-order valence-electron chi connectivity index (χ2n) is 7.69. The first-order chi connectivity index (χ1) is 15.8. The van der Waals surface area contributed by atoms with Crippen LogP contribution in [0.5, 0.6) is 0 Å². The fourth-order valence-electron chi connectivity index (χ4n) is 3.95. The highest BCUT2D eigenvalue weighted by atomic mass is 32.2. The highest BCUT2D eigenvalue weighted by Crippen LogP contribution is 2.39. The quantitative estimate of drug-likeness (QED) is 0.401. The summed E-state index contributed by atoms with van der Waals surface area (Å²) in [7, 11) is -3.76. The number of H-pyrrole nitrogens is 1. The summed E-state index contributed by atoms with van der Waals surface area (Å²) in [4.78, 5) is 20.4. The number of pyridine rings is 1. The van der Waals surface area contributed by atoms with Crippen LogP contribution in [0.4, 0.5) is 10.2 Å². The van der Waals surface area contributed by atoms with E-state index in [1.165, 1.54) is 30.9 Å². The molecule has 5 aromatic rings. The molecule has 2 N–H and O–H groups in total. The van der Waals surface area contributed by atoms with E-state index in [0.29, 0.717) is 39.3 Å². The number of nitrogens with zero attached hydrogens (tertiary/aromatic N) is 4. The van der Waals surface area contributed by atoms with Gasteiger partial charge in [-0.25, -0.2) is 32.7 Å². The lowest BCUT2D eigenvalue weighted by Crippen LogP contribution is -2.15. The van der Waals surface area contributed by atoms with Crippen molar-refractivity contribution in [2.24, 2.45) is 0 Å². The van der Waals surface area contributed by atoms with Crippen LogP contribution in [0.25, 0.3) is 33.2 Å². The molecule has 0 bridgehead atoms. The molecule has 33 heavy (non-hydrogen) atoms. The third-order valence-electron chi connectivity index (χ3n) is 5.34. The molecule has 8 nitrogen and oxygen atoms in total. The zero-order valence-corrected chi connectivity index (χ0v) is 18.6. The van der Waals surface area contributed by atoms with Gasteiger partial charge < -0.3 is 10.3 Å². The lowest BCUT2D eigenvalue weighted by Gasteiger charge is -2.21. The van der Waals surface area contributed by atoms with Gasteiger partial charge in [0.1, 0.15) is 17.7 Å². The van der Waals surface area contributed by atoms with E-state index in [1.54, 1.807) is 0 Å². The summed E-state index contributed by atoms with van der Waals surface area (Å²) in [5.74, 6) is -0.0521. The van der Waals surface area contributed by atoms with E-state index in [0.717, 1.165) is 6.26 Å². The molecule has 0 aliphatic carbocycles. The molecule has 1 unspecified atom stereocenters. The molecule has 0 spiro atoms. The average Bonchev–Trinajstić information content (AvgIpc) is 3.27. The molecule has 166 valence electrons. The summed E-state index contributed by atoms with van der Waals surface area (Å²) in [6.07, 6.45) is 4.06. The van der Waals surface area contributed by atoms with Gasteiger partial charge in [0, 0.05) is 17.2 Å². The average molecular weight is 463 g/mol. The number of aromatic nitrogens is 5. The van der Waals surface area contributed by atoms with Crippen LogP contribution in [0, 0.1) is 5.82 Å². The molecule has 3 aromatic heterocycles. The van der Waals surface area contributed by atoms with E-state index in [-0.39, 0.29) is 10.3 Å². The van der Waals surface area contributed by atoms with Crippen LogP contribution in [-0.4, -0.2) is 39.6 Å². The molecule has 0 aliphatic heterocycles. The molecule has 10 heteroatoms. The largest absolute Gasteiger partial charge is 0.360 e. The van der Waals surface area contributed by atoms with Crippen molar-refractivity contribution >= 4 is 37.7 Å². The predicted molar refractivity (Wildman–Crippen MR) is 124 cm³/mol. The Kier molecular flexibility index (Phi) is 5.01. The van der Waals surface area contributed by atoms with Gasteiger partial charge in [0.2, 0.25) is 0 Å². The zero-order valence-electron chi connectivity index (χ0n) is 17.7. The molecule has 0 amide bonds. The summed E-state index contributed by atoms with van der Waals surface area (Å²) < 4.78 is 40.2. The Balaban J connectivity index is 1.79. The topological polar surface area (TPSA) is 114 Å². The minimum atomic E-state index is -3.76. The maximum absolute atomic E-state index is 14.1. The van der Waals surface area contributed by atoms with Gasteiger partial charge in [0.05, 0.1) is 28.5 Å². The molecule has 3 heterocycles. The second-order valence-corrected chi connectivity index (χ2v) is 9.64. The zero-order chi connectivity index (χ0) is 23.2. The van der Waals surface area contributed by atoms with E-state index < -0.39 is 21.7 Å². The first-order valence-corrected chi connectivity index (χ1v) is 12.0. The van der Waals surface area contributed by atoms with E-state index in [2.05, 4.69) is 25.3 Å². The molecule has 5 rings (SSSR count). The Labute approximate surface area is 188 Å². The molecule has 0 aliphatic rings. The molecule has 2 aromatic carbocycles. The fourth-order valence-corrected chi connectivity index (χ4v) is 5.11. The number of fused-ring (bicyclic) bond motifs is 2. The SMILES string of the molecule is CC(Nc1ncnc2[nH]cnc12)c1nc2ccc(F)cc2c(S(C)(=O)=O)c1-c1ccccc1. The third-order valence-corrected chi connectivity index (χ3v) is 6.51. The van der Waals surface area contributed by atoms with E-state index in [4.69, 9.17) is 4.98 Å². The highest BCUT2D eigenvalue weighted by Gasteiger charge is 2.27. The van der Waals surface area contributed by atoms with Gasteiger partial charge in [-0.15, -0.1) is 0 Å². The number of nitrogens with one attached hydrogen (secondary N) is 2. The van der Waals surface area contributed by atoms with Crippen LogP contribution >= 0.6 is 0 Å². The second kappa shape index (κ2) is 7.89. The van der Waals surface area contributed by atoms with Gasteiger partial charge in [-0.2, -0.15) is 0 Å². The molecule has 0 saturated carbocycles. The number of halogens is 1. The minimum absolute atomic E-state index is 0.0365. The number of anilines is 1. The Morgan fingerprint density at radius 3 is 2.61 bits per heavy atom. The smallest absolute Gasteiger partial charge is 0.176 e. The van der Waals surface area contributed by atoms with Crippen molar-refractivity contribution < 1.29 is 12.8 Å². The Morgan fingerprint density at radius 2 is 1.85 bits per heavy atom. The van der Waals surface area contributed by atoms with E-state index in [9.17, 15) is 12.8 Å². The first kappa shape index (κ1) is 21.0. The third kappa shape index (κ3) is 3.78. The van der Waals surface area contributed by atoms with Crippen LogP contribution in [0.1, 0.15) is 18.7 Å². The van der Waals surface area contributed by atoms with Crippen molar-refractivity contribution in [3.8, 4) is 11.1 Å². The standard InChI is InChI=1S/C23H19FN6O2S/c1-13(29-23-20-22(26-11-25-20)27-12-28-23)19-18(14-6-4-3-5-7-14)21(33(2,31)32)16-10-15(24)8-9-17(16)30-19/h3-13H,1-2H3,(H2,25,26,27,28,29). The first-order valence-electron chi connectivity index (χ1n) is 10.1. The summed E-state index contributed by atoms with van der Waals surface area (Å²) in [6, 6.07) is 12.6. The number of imidazole rings is 1. The lowest BCUT2D eigenvalue weighted by molar-refractivity contribution is 0.602. The Morgan fingerprint density at radius 1 is 1.06 bits per heavy atom. The van der Waals surface area contributed by atoms with Gasteiger partial charge in [-0.3, -0.25) is 0 Å². The van der Waals surface area contributed by atoms with Gasteiger partial charge in [0.15, 0.2) is 21.3 Å². The number of rotatable bonds is 5. The van der Waals surface area contributed by atoms with Crippen LogP contribution in [0.3, 0.4) is 0 Å². The van der Waals surface area contributed by atoms with Gasteiger partial charge in [-0.05, 0) is 30.7 Å². The number of sulfone groups is 1. The molecule has 1 atom stereocenters. The Bertz CT molecular complexity index is 1600. The molecular formula is C23H19FN6O2S. The fraction of sp³-hybridized carbons (Fsp3) is 0.130. The molecule has 0 fully saturated rings. The maximum atomic E-state index is 14.1. The van der Waals surface area contributed by atoms with E-state index in [1.807, 2.05) is 37.3 Å². The summed E-state index contributed by atoms with van der Waals surface area (Å²) >= 11 is 0.